The molecule has 4 atom stereocenters. The van der Waals surface area contributed by atoms with Crippen molar-refractivity contribution in [3.8, 4) is 0 Å². The smallest absolute Gasteiger partial charge is 0.140 e. The van der Waals surface area contributed by atoms with Crippen LogP contribution in [0.15, 0.2) is 30.3 Å². The Morgan fingerprint density at radius 2 is 2.05 bits per heavy atom. The van der Waals surface area contributed by atoms with Gasteiger partial charge in [0, 0.05) is 26.1 Å². The van der Waals surface area contributed by atoms with Crippen LogP contribution in [0.4, 0.5) is 0 Å². The number of hydrogen-bond acceptors (Lipinski definition) is 3. The van der Waals surface area contributed by atoms with Crippen molar-refractivity contribution in [2.45, 2.75) is 32.0 Å². The Morgan fingerprint density at radius 1 is 1.32 bits per heavy atom. The first-order valence-electron chi connectivity index (χ1n) is 7.08. The normalized spacial score (nSPS) is 32.5. The highest BCUT2D eigenvalue weighted by Gasteiger charge is 2.50. The molecule has 3 nitrogen and oxygen atoms in total. The highest BCUT2D eigenvalue weighted by molar-refractivity contribution is 5.84. The summed E-state index contributed by atoms with van der Waals surface area (Å²) >= 11 is 0. The minimum absolute atomic E-state index is 0.0461. The molecule has 2 aliphatic rings. The van der Waals surface area contributed by atoms with Gasteiger partial charge in [0.15, 0.2) is 0 Å². The van der Waals surface area contributed by atoms with E-state index in [0.29, 0.717) is 17.7 Å². The first-order valence-corrected chi connectivity index (χ1v) is 7.08. The topological polar surface area (TPSA) is 29.5 Å². The third-order valence-electron chi connectivity index (χ3n) is 4.74. The number of methoxy groups -OCH3 is 1. The standard InChI is InChI=1S/C16H21NO2/c1-11(12-6-4-3-5-7-12)17-10-13-8-9-14(18)15(13)16(17)19-2/h3-7,11,13,15-16H,8-10H2,1-2H3/t11-,13?,15?,16?/m1/s1. The Morgan fingerprint density at radius 3 is 2.74 bits per heavy atom. The Labute approximate surface area is 114 Å². The quantitative estimate of drug-likeness (QED) is 0.835. The molecule has 2 fully saturated rings. The van der Waals surface area contributed by atoms with E-state index in [1.54, 1.807) is 7.11 Å². The van der Waals surface area contributed by atoms with Crippen molar-refractivity contribution in [1.82, 2.24) is 4.90 Å². The van der Waals surface area contributed by atoms with Crippen molar-refractivity contribution >= 4 is 5.78 Å². The predicted molar refractivity (Wildman–Crippen MR) is 73.6 cm³/mol. The van der Waals surface area contributed by atoms with Gasteiger partial charge in [0.2, 0.25) is 0 Å². The molecule has 0 bridgehead atoms. The molecule has 1 heterocycles. The number of carbonyl (C=O) groups is 1. The lowest BCUT2D eigenvalue weighted by Gasteiger charge is -2.31. The first kappa shape index (κ1) is 12.8. The molecule has 1 aliphatic carbocycles. The van der Waals surface area contributed by atoms with Gasteiger partial charge in [-0.15, -0.1) is 0 Å². The van der Waals surface area contributed by atoms with Crippen molar-refractivity contribution in [2.24, 2.45) is 11.8 Å². The zero-order valence-corrected chi connectivity index (χ0v) is 11.6. The first-order chi connectivity index (χ1) is 9.22. The van der Waals surface area contributed by atoms with E-state index in [1.807, 2.05) is 6.07 Å². The van der Waals surface area contributed by atoms with E-state index in [9.17, 15) is 4.79 Å². The summed E-state index contributed by atoms with van der Waals surface area (Å²) in [4.78, 5) is 14.4. The maximum atomic E-state index is 12.0. The maximum absolute atomic E-state index is 12.0. The summed E-state index contributed by atoms with van der Waals surface area (Å²) in [5.41, 5.74) is 1.29. The summed E-state index contributed by atoms with van der Waals surface area (Å²) in [6.45, 7) is 3.18. The minimum atomic E-state index is -0.0461. The van der Waals surface area contributed by atoms with Crippen molar-refractivity contribution in [3.63, 3.8) is 0 Å². The van der Waals surface area contributed by atoms with E-state index in [0.717, 1.165) is 19.4 Å². The third-order valence-corrected chi connectivity index (χ3v) is 4.74. The van der Waals surface area contributed by atoms with Gasteiger partial charge in [0.25, 0.3) is 0 Å². The summed E-state index contributed by atoms with van der Waals surface area (Å²) in [5.74, 6) is 0.972. The summed E-state index contributed by atoms with van der Waals surface area (Å²) in [6, 6.07) is 10.8. The second-order valence-corrected chi connectivity index (χ2v) is 5.70. The Bertz CT molecular complexity index is 459. The number of benzene rings is 1. The fraction of sp³-hybridized carbons (Fsp3) is 0.562. The number of fused-ring (bicyclic) bond motifs is 1. The van der Waals surface area contributed by atoms with Gasteiger partial charge < -0.3 is 4.74 Å². The van der Waals surface area contributed by atoms with E-state index >= 15 is 0 Å². The summed E-state index contributed by atoms with van der Waals surface area (Å²) in [6.07, 6.45) is 1.72. The lowest BCUT2D eigenvalue weighted by Crippen LogP contribution is -2.38. The molecule has 0 N–H and O–H groups in total. The molecule has 1 aromatic rings. The average molecular weight is 259 g/mol. The molecule has 0 radical (unpaired) electrons. The third kappa shape index (κ3) is 2.11. The lowest BCUT2D eigenvalue weighted by atomic mass is 9.99. The van der Waals surface area contributed by atoms with Crippen LogP contribution in [0.3, 0.4) is 0 Å². The fourth-order valence-electron chi connectivity index (χ4n) is 3.70. The van der Waals surface area contributed by atoms with Gasteiger partial charge >= 0.3 is 0 Å². The average Bonchev–Trinajstić information content (AvgIpc) is 2.99. The van der Waals surface area contributed by atoms with Crippen molar-refractivity contribution in [2.75, 3.05) is 13.7 Å². The van der Waals surface area contributed by atoms with Crippen molar-refractivity contribution in [3.05, 3.63) is 35.9 Å². The van der Waals surface area contributed by atoms with Crippen LogP contribution in [0.5, 0.6) is 0 Å². The molecule has 3 heteroatoms. The summed E-state index contributed by atoms with van der Waals surface area (Å²) in [5, 5.41) is 0. The molecule has 1 aliphatic heterocycles. The molecular weight excluding hydrogens is 238 g/mol. The van der Waals surface area contributed by atoms with E-state index in [1.165, 1.54) is 5.56 Å². The molecule has 102 valence electrons. The molecule has 0 amide bonds. The van der Waals surface area contributed by atoms with Crippen LogP contribution in [-0.4, -0.2) is 30.6 Å². The van der Waals surface area contributed by atoms with Gasteiger partial charge in [0.05, 0.1) is 5.92 Å². The largest absolute Gasteiger partial charge is 0.366 e. The molecule has 3 unspecified atom stereocenters. The predicted octanol–water partition coefficient (Wildman–Crippen LogP) is 2.63. The van der Waals surface area contributed by atoms with Gasteiger partial charge in [-0.2, -0.15) is 0 Å². The molecular formula is C16H21NO2. The zero-order chi connectivity index (χ0) is 13.4. The van der Waals surface area contributed by atoms with Gasteiger partial charge in [-0.25, -0.2) is 0 Å². The van der Waals surface area contributed by atoms with E-state index < -0.39 is 0 Å². The number of ketones is 1. The maximum Gasteiger partial charge on any atom is 0.140 e. The molecule has 0 spiro atoms. The molecule has 0 aromatic heterocycles. The van der Waals surface area contributed by atoms with Crippen LogP contribution in [0.2, 0.25) is 0 Å². The van der Waals surface area contributed by atoms with Crippen LogP contribution in [0, 0.1) is 11.8 Å². The number of nitrogens with zero attached hydrogens (tertiary/aromatic N) is 1. The van der Waals surface area contributed by atoms with Crippen LogP contribution in [0.25, 0.3) is 0 Å². The second kappa shape index (κ2) is 5.06. The number of hydrogen-bond donors (Lipinski definition) is 0. The number of ether oxygens (including phenoxy) is 1. The number of Topliss-reactive ketones (excluding diaryl/α,β-unsaturated/α-hetero) is 1. The molecule has 19 heavy (non-hydrogen) atoms. The Balaban J connectivity index is 1.84. The number of rotatable bonds is 3. The van der Waals surface area contributed by atoms with Gasteiger partial charge in [-0.3, -0.25) is 9.69 Å². The highest BCUT2D eigenvalue weighted by atomic mass is 16.5. The second-order valence-electron chi connectivity index (χ2n) is 5.70. The SMILES string of the molecule is COC1C2C(=O)CCC2CN1[C@H](C)c1ccccc1. The Hall–Kier alpha value is -1.19. The van der Waals surface area contributed by atoms with E-state index in [2.05, 4.69) is 36.1 Å². The summed E-state index contributed by atoms with van der Waals surface area (Å²) < 4.78 is 5.66. The monoisotopic (exact) mass is 259 g/mol. The number of likely N-dealkylation sites (tertiary alicyclic amines) is 1. The Kier molecular flexibility index (Phi) is 3.42. The summed E-state index contributed by atoms with van der Waals surface area (Å²) in [7, 11) is 1.73. The molecule has 1 saturated carbocycles. The molecule has 1 saturated heterocycles. The van der Waals surface area contributed by atoms with Crippen LogP contribution < -0.4 is 0 Å². The molecule has 3 rings (SSSR count). The van der Waals surface area contributed by atoms with Gasteiger partial charge in [0.1, 0.15) is 12.0 Å². The van der Waals surface area contributed by atoms with Crippen LogP contribution >= 0.6 is 0 Å². The zero-order valence-electron chi connectivity index (χ0n) is 11.6. The molecule has 1 aromatic carbocycles. The number of carbonyl (C=O) groups excluding carboxylic acids is 1. The van der Waals surface area contributed by atoms with Crippen LogP contribution in [-0.2, 0) is 9.53 Å². The lowest BCUT2D eigenvalue weighted by molar-refractivity contribution is -0.129. The van der Waals surface area contributed by atoms with Crippen molar-refractivity contribution in [1.29, 1.82) is 0 Å². The minimum Gasteiger partial charge on any atom is -0.366 e. The van der Waals surface area contributed by atoms with E-state index in [-0.39, 0.29) is 12.1 Å². The van der Waals surface area contributed by atoms with E-state index in [4.69, 9.17) is 4.74 Å². The van der Waals surface area contributed by atoms with Gasteiger partial charge in [-0.05, 0) is 24.8 Å². The highest BCUT2D eigenvalue weighted by Crippen LogP contribution is 2.43. The fourth-order valence-corrected chi connectivity index (χ4v) is 3.70. The van der Waals surface area contributed by atoms with Crippen LogP contribution in [0.1, 0.15) is 31.4 Å². The van der Waals surface area contributed by atoms with Gasteiger partial charge in [-0.1, -0.05) is 30.3 Å². The van der Waals surface area contributed by atoms with Crippen molar-refractivity contribution < 1.29 is 9.53 Å².